The van der Waals surface area contributed by atoms with Crippen molar-refractivity contribution in [3.05, 3.63) is 84.1 Å². The second-order valence-electron chi connectivity index (χ2n) is 8.27. The van der Waals surface area contributed by atoms with Crippen LogP contribution < -0.4 is 15.4 Å². The maximum absolute atomic E-state index is 14.7. The van der Waals surface area contributed by atoms with Crippen LogP contribution in [-0.2, 0) is 0 Å². The van der Waals surface area contributed by atoms with Crippen molar-refractivity contribution in [1.82, 2.24) is 24.9 Å². The topological polar surface area (TPSA) is 158 Å². The average molecular weight is 514 g/mol. The van der Waals surface area contributed by atoms with Crippen molar-refractivity contribution >= 4 is 23.4 Å². The fourth-order valence-electron chi connectivity index (χ4n) is 3.52. The zero-order valence-corrected chi connectivity index (χ0v) is 19.6. The molecule has 0 unspecified atom stereocenters. The van der Waals surface area contributed by atoms with Gasteiger partial charge < -0.3 is 20.1 Å². The highest BCUT2D eigenvalue weighted by atomic mass is 19.1. The maximum Gasteiger partial charge on any atom is 0.323 e. The molecule has 0 saturated carbocycles. The first kappa shape index (κ1) is 24.3. The Morgan fingerprint density at radius 2 is 1.89 bits per heavy atom. The fraction of sp³-hybridized carbons (Fsp3) is 0.120. The van der Waals surface area contributed by atoms with Crippen LogP contribution in [-0.4, -0.2) is 61.1 Å². The Hall–Kier alpha value is -5.35. The summed E-state index contributed by atoms with van der Waals surface area (Å²) < 4.78 is 21.7. The van der Waals surface area contributed by atoms with Crippen LogP contribution in [0.15, 0.2) is 67.0 Å². The van der Waals surface area contributed by atoms with E-state index in [0.717, 1.165) is 6.07 Å². The molecule has 3 N–H and O–H groups in total. The van der Waals surface area contributed by atoms with Gasteiger partial charge in [0.2, 0.25) is 0 Å². The van der Waals surface area contributed by atoms with Gasteiger partial charge in [0.15, 0.2) is 17.3 Å². The number of urea groups is 1. The van der Waals surface area contributed by atoms with Gasteiger partial charge in [0, 0.05) is 24.0 Å². The predicted molar refractivity (Wildman–Crippen MR) is 131 cm³/mol. The normalized spacial score (nSPS) is 12.8. The highest BCUT2D eigenvalue weighted by Crippen LogP contribution is 2.28. The molecule has 1 aliphatic rings. The Balaban J connectivity index is 1.21. The third-order valence-corrected chi connectivity index (χ3v) is 5.52. The number of nitrogens with zero attached hydrogens (tertiary/aromatic N) is 6. The summed E-state index contributed by atoms with van der Waals surface area (Å²) in [5.41, 5.74) is 1.28. The molecule has 1 fully saturated rings. The number of likely N-dealkylation sites (tertiary alicyclic amines) is 1. The number of hydrogen-bond acceptors (Lipinski definition) is 8. The smallest absolute Gasteiger partial charge is 0.323 e. The highest BCUT2D eigenvalue weighted by Gasteiger charge is 2.29. The number of anilines is 2. The molecule has 0 atom stereocenters. The summed E-state index contributed by atoms with van der Waals surface area (Å²) >= 11 is 0. The first-order chi connectivity index (χ1) is 18.4. The van der Waals surface area contributed by atoms with E-state index in [-0.39, 0.29) is 41.8 Å². The highest BCUT2D eigenvalue weighted by molar-refractivity contribution is 6.02. The van der Waals surface area contributed by atoms with Gasteiger partial charge in [-0.05, 0) is 42.5 Å². The largest absolute Gasteiger partial charge is 0.454 e. The maximum atomic E-state index is 14.7. The second kappa shape index (κ2) is 10.3. The number of pyridine rings is 1. The fourth-order valence-corrected chi connectivity index (χ4v) is 3.52. The van der Waals surface area contributed by atoms with Crippen molar-refractivity contribution < 1.29 is 23.8 Å². The number of aliphatic hydroxyl groups excluding tert-OH is 1. The van der Waals surface area contributed by atoms with Crippen LogP contribution in [0.1, 0.15) is 16.1 Å². The van der Waals surface area contributed by atoms with Crippen LogP contribution in [0.3, 0.4) is 0 Å². The number of nitriles is 1. The number of rotatable bonds is 6. The summed E-state index contributed by atoms with van der Waals surface area (Å²) in [6, 6.07) is 15.0. The molecule has 3 heterocycles. The number of carbonyl (C=O) groups is 2. The lowest BCUT2D eigenvalue weighted by Crippen LogP contribution is -2.54. The standard InChI is InChI=1S/C25H19FN8O4/c26-20-9-16(29-24(36)21-14-34(32-31-21)17-4-1-15(11-27)2-5-17)3-6-22(20)38-19-7-8-28-23(10-19)30-25(37)33-12-18(35)13-33/h1-10,14,18,35H,12-13H2,(H,29,36)(H,28,30,37). The van der Waals surface area contributed by atoms with Crippen molar-refractivity contribution in [3.8, 4) is 23.3 Å². The van der Waals surface area contributed by atoms with Gasteiger partial charge in [-0.15, -0.1) is 5.10 Å². The average Bonchev–Trinajstić information content (AvgIpc) is 3.39. The van der Waals surface area contributed by atoms with Crippen molar-refractivity contribution in [1.29, 1.82) is 5.26 Å². The molecule has 12 nitrogen and oxygen atoms in total. The van der Waals surface area contributed by atoms with E-state index in [2.05, 4.69) is 25.9 Å². The minimum Gasteiger partial charge on any atom is -0.454 e. The van der Waals surface area contributed by atoms with E-state index in [1.165, 1.54) is 46.2 Å². The Bertz CT molecular complexity index is 1540. The summed E-state index contributed by atoms with van der Waals surface area (Å²) in [4.78, 5) is 30.1. The number of hydrogen-bond donors (Lipinski definition) is 3. The number of carbonyl (C=O) groups excluding carboxylic acids is 2. The molecule has 38 heavy (non-hydrogen) atoms. The zero-order valence-electron chi connectivity index (χ0n) is 19.6. The number of ether oxygens (including phenoxy) is 1. The van der Waals surface area contributed by atoms with E-state index in [1.54, 1.807) is 24.3 Å². The number of aliphatic hydroxyl groups is 1. The number of amides is 3. The van der Waals surface area contributed by atoms with E-state index in [9.17, 15) is 19.1 Å². The van der Waals surface area contributed by atoms with E-state index in [1.807, 2.05) is 6.07 Å². The molecule has 2 aromatic carbocycles. The quantitative estimate of drug-likeness (QED) is 0.354. The first-order valence-electron chi connectivity index (χ1n) is 11.3. The number of halogens is 1. The summed E-state index contributed by atoms with van der Waals surface area (Å²) in [7, 11) is 0. The number of aromatic nitrogens is 4. The molecule has 3 amide bonds. The van der Waals surface area contributed by atoms with Crippen LogP contribution in [0, 0.1) is 17.1 Å². The Kier molecular flexibility index (Phi) is 6.62. The summed E-state index contributed by atoms with van der Waals surface area (Å²) in [6.45, 7) is 0.483. The molecule has 5 rings (SSSR count). The third kappa shape index (κ3) is 5.40. The summed E-state index contributed by atoms with van der Waals surface area (Å²) in [6.07, 6.45) is 2.28. The van der Waals surface area contributed by atoms with Crippen molar-refractivity contribution in [3.63, 3.8) is 0 Å². The van der Waals surface area contributed by atoms with Gasteiger partial charge >= 0.3 is 6.03 Å². The van der Waals surface area contributed by atoms with Crippen LogP contribution in [0.5, 0.6) is 11.5 Å². The molecule has 0 spiro atoms. The van der Waals surface area contributed by atoms with Gasteiger partial charge in [-0.2, -0.15) is 5.26 Å². The molecule has 13 heteroatoms. The zero-order chi connectivity index (χ0) is 26.6. The van der Waals surface area contributed by atoms with Gasteiger partial charge in [-0.1, -0.05) is 5.21 Å². The van der Waals surface area contributed by atoms with Crippen molar-refractivity contribution in [2.24, 2.45) is 0 Å². The van der Waals surface area contributed by atoms with Crippen LogP contribution >= 0.6 is 0 Å². The summed E-state index contributed by atoms with van der Waals surface area (Å²) in [5, 5.41) is 31.1. The second-order valence-corrected chi connectivity index (χ2v) is 8.27. The molecule has 190 valence electrons. The monoisotopic (exact) mass is 514 g/mol. The van der Waals surface area contributed by atoms with Crippen molar-refractivity contribution in [2.45, 2.75) is 6.10 Å². The molecule has 1 saturated heterocycles. The molecule has 0 bridgehead atoms. The van der Waals surface area contributed by atoms with Gasteiger partial charge in [-0.25, -0.2) is 18.9 Å². The molecule has 0 aliphatic carbocycles. The third-order valence-electron chi connectivity index (χ3n) is 5.52. The van der Waals surface area contributed by atoms with Gasteiger partial charge in [0.1, 0.15) is 11.6 Å². The van der Waals surface area contributed by atoms with Gasteiger partial charge in [-0.3, -0.25) is 10.1 Å². The number of nitrogens with one attached hydrogen (secondary N) is 2. The van der Waals surface area contributed by atoms with Gasteiger partial charge in [0.25, 0.3) is 5.91 Å². The van der Waals surface area contributed by atoms with Crippen LogP contribution in [0.4, 0.5) is 20.7 Å². The predicted octanol–water partition coefficient (Wildman–Crippen LogP) is 2.93. The SMILES string of the molecule is N#Cc1ccc(-n2cc(C(=O)Nc3ccc(Oc4ccnc(NC(=O)N5CC(O)C5)c4)c(F)c3)nn2)cc1. The lowest BCUT2D eigenvalue weighted by Gasteiger charge is -2.35. The van der Waals surface area contributed by atoms with E-state index in [0.29, 0.717) is 11.3 Å². The van der Waals surface area contributed by atoms with E-state index >= 15 is 0 Å². The Morgan fingerprint density at radius 1 is 1.11 bits per heavy atom. The van der Waals surface area contributed by atoms with Gasteiger partial charge in [0.05, 0.1) is 42.7 Å². The first-order valence-corrected chi connectivity index (χ1v) is 11.3. The lowest BCUT2D eigenvalue weighted by atomic mass is 10.2. The van der Waals surface area contributed by atoms with Crippen LogP contribution in [0.25, 0.3) is 5.69 Å². The summed E-state index contributed by atoms with van der Waals surface area (Å²) in [5.74, 6) is -1.01. The number of β-amino-alcohol motifs (C(OH)–C–C–N with tert-alkyl or cyclic N) is 1. The molecule has 2 aromatic heterocycles. The van der Waals surface area contributed by atoms with E-state index in [4.69, 9.17) is 10.00 Å². The lowest BCUT2D eigenvalue weighted by molar-refractivity contribution is 0.0308. The minimum absolute atomic E-state index is 0.00851. The Morgan fingerprint density at radius 3 is 2.61 bits per heavy atom. The van der Waals surface area contributed by atoms with Crippen LogP contribution in [0.2, 0.25) is 0 Å². The van der Waals surface area contributed by atoms with Crippen molar-refractivity contribution in [2.75, 3.05) is 23.7 Å². The van der Waals surface area contributed by atoms with E-state index < -0.39 is 23.9 Å². The minimum atomic E-state index is -0.735. The molecular weight excluding hydrogens is 495 g/mol. The molecule has 1 aliphatic heterocycles. The Labute approximate surface area is 214 Å². The number of benzene rings is 2. The molecule has 4 aromatic rings. The molecule has 0 radical (unpaired) electrons. The molecular formula is C25H19FN8O4.